The first-order valence-corrected chi connectivity index (χ1v) is 9.91. The number of amides is 1. The number of hydrogen-bond donors (Lipinski definition) is 2. The van der Waals surface area contributed by atoms with E-state index in [1.165, 1.54) is 31.1 Å². The number of carbonyl (C=O) groups is 1. The lowest BCUT2D eigenvalue weighted by molar-refractivity contribution is -0.124. The predicted octanol–water partition coefficient (Wildman–Crippen LogP) is 2.57. The van der Waals surface area contributed by atoms with E-state index in [1.807, 2.05) is 36.4 Å². The molecule has 1 unspecified atom stereocenters. The predicted molar refractivity (Wildman–Crippen MR) is 106 cm³/mol. The van der Waals surface area contributed by atoms with E-state index >= 15 is 0 Å². The number of allylic oxidation sites excluding steroid dienone is 2. The van der Waals surface area contributed by atoms with Gasteiger partial charge in [0.25, 0.3) is 15.9 Å². The van der Waals surface area contributed by atoms with Gasteiger partial charge in [-0.1, -0.05) is 42.5 Å². The van der Waals surface area contributed by atoms with Crippen molar-refractivity contribution >= 4 is 27.6 Å². The van der Waals surface area contributed by atoms with Crippen molar-refractivity contribution in [2.45, 2.75) is 11.4 Å². The number of ether oxygens (including phenoxy) is 1. The first-order chi connectivity index (χ1) is 13.4. The van der Waals surface area contributed by atoms with Gasteiger partial charge in [0.2, 0.25) is 4.93 Å². The van der Waals surface area contributed by atoms with Gasteiger partial charge in [0.1, 0.15) is 0 Å². The van der Waals surface area contributed by atoms with Crippen molar-refractivity contribution in [1.82, 2.24) is 9.45 Å². The monoisotopic (exact) mass is 400 g/mol. The number of rotatable bonds is 6. The molecular weight excluding hydrogens is 380 g/mol. The second-order valence-electron chi connectivity index (χ2n) is 6.17. The number of benzene rings is 1. The maximum absolute atomic E-state index is 13.2. The molecule has 1 aliphatic rings. The number of aromatic nitrogens is 1. The Hall–Kier alpha value is -2.94. The van der Waals surface area contributed by atoms with E-state index in [0.29, 0.717) is 5.56 Å². The molecule has 0 radical (unpaired) electrons. The van der Waals surface area contributed by atoms with Crippen LogP contribution in [-0.2, 0) is 19.6 Å². The summed E-state index contributed by atoms with van der Waals surface area (Å²) < 4.78 is 32.9. The second-order valence-corrected chi connectivity index (χ2v) is 8.23. The maximum atomic E-state index is 13.2. The van der Waals surface area contributed by atoms with Gasteiger partial charge in [0.15, 0.2) is 0 Å². The van der Waals surface area contributed by atoms with E-state index in [9.17, 15) is 13.2 Å². The molecule has 2 aromatic rings. The topological polar surface area (TPSA) is 97.6 Å². The second kappa shape index (κ2) is 7.97. The van der Waals surface area contributed by atoms with Crippen molar-refractivity contribution in [3.8, 4) is 0 Å². The fraction of sp³-hybridized carbons (Fsp3) is 0.150. The molecule has 0 saturated carbocycles. The van der Waals surface area contributed by atoms with E-state index in [4.69, 9.17) is 9.94 Å². The van der Waals surface area contributed by atoms with Crippen LogP contribution in [0.3, 0.4) is 0 Å². The summed E-state index contributed by atoms with van der Waals surface area (Å²) in [4.78, 5) is 9.54. The Morgan fingerprint density at radius 2 is 2.04 bits per heavy atom. The SMILES string of the molecule is COC1(S(=O)(=O)n2ccc(/C=C/C(=O)NO)c2)C=CC(c2ccccc2)=CC1. The molecule has 3 rings (SSSR count). The summed E-state index contributed by atoms with van der Waals surface area (Å²) >= 11 is 0. The molecule has 8 heteroatoms. The van der Waals surface area contributed by atoms with Crippen LogP contribution in [0.5, 0.6) is 0 Å². The number of hydrogen-bond acceptors (Lipinski definition) is 5. The lowest BCUT2D eigenvalue weighted by Gasteiger charge is -2.30. The van der Waals surface area contributed by atoms with E-state index in [1.54, 1.807) is 18.2 Å². The summed E-state index contributed by atoms with van der Waals surface area (Å²) in [5, 5.41) is 8.51. The van der Waals surface area contributed by atoms with Crippen molar-refractivity contribution < 1.29 is 23.2 Å². The minimum Gasteiger partial charge on any atom is -0.357 e. The highest BCUT2D eigenvalue weighted by Gasteiger charge is 2.43. The molecule has 0 bridgehead atoms. The quantitative estimate of drug-likeness (QED) is 0.441. The molecule has 28 heavy (non-hydrogen) atoms. The molecular formula is C20H20N2O5S. The molecule has 1 aromatic carbocycles. The Morgan fingerprint density at radius 1 is 1.29 bits per heavy atom. The summed E-state index contributed by atoms with van der Waals surface area (Å²) in [5.41, 5.74) is 3.88. The van der Waals surface area contributed by atoms with Gasteiger partial charge in [-0.3, -0.25) is 10.0 Å². The lowest BCUT2D eigenvalue weighted by Crippen LogP contribution is -2.42. The van der Waals surface area contributed by atoms with Gasteiger partial charge in [0.05, 0.1) is 0 Å². The Bertz CT molecular complexity index is 1050. The van der Waals surface area contributed by atoms with E-state index in [0.717, 1.165) is 21.2 Å². The Balaban J connectivity index is 1.88. The van der Waals surface area contributed by atoms with Gasteiger partial charge < -0.3 is 4.74 Å². The third-order valence-electron chi connectivity index (χ3n) is 4.52. The number of nitrogens with one attached hydrogen (secondary N) is 1. The van der Waals surface area contributed by atoms with Gasteiger partial charge in [-0.05, 0) is 34.9 Å². The van der Waals surface area contributed by atoms with Gasteiger partial charge in [-0.2, -0.15) is 0 Å². The van der Waals surface area contributed by atoms with Gasteiger partial charge in [-0.25, -0.2) is 17.9 Å². The first-order valence-electron chi connectivity index (χ1n) is 8.47. The molecule has 0 aliphatic heterocycles. The average molecular weight is 400 g/mol. The molecule has 2 N–H and O–H groups in total. The fourth-order valence-corrected chi connectivity index (χ4v) is 4.51. The highest BCUT2D eigenvalue weighted by Crippen LogP contribution is 2.34. The minimum atomic E-state index is -3.92. The highest BCUT2D eigenvalue weighted by molar-refractivity contribution is 7.91. The van der Waals surface area contributed by atoms with Crippen LogP contribution in [0.25, 0.3) is 11.6 Å². The van der Waals surface area contributed by atoms with Crippen molar-refractivity contribution in [3.05, 3.63) is 84.2 Å². The van der Waals surface area contributed by atoms with Crippen LogP contribution >= 0.6 is 0 Å². The minimum absolute atomic E-state index is 0.156. The average Bonchev–Trinajstić information content (AvgIpc) is 3.22. The summed E-state index contributed by atoms with van der Waals surface area (Å²) in [6, 6.07) is 11.2. The zero-order valence-corrected chi connectivity index (χ0v) is 16.0. The number of nitrogens with zero attached hydrogens (tertiary/aromatic N) is 1. The Labute approximate surface area is 163 Å². The summed E-state index contributed by atoms with van der Waals surface area (Å²) in [6.07, 6.45) is 10.5. The molecule has 0 fully saturated rings. The van der Waals surface area contributed by atoms with Crippen LogP contribution in [0.4, 0.5) is 0 Å². The molecule has 146 valence electrons. The van der Waals surface area contributed by atoms with Gasteiger partial charge >= 0.3 is 0 Å². The number of methoxy groups -OCH3 is 1. The maximum Gasteiger partial charge on any atom is 0.272 e. The smallest absolute Gasteiger partial charge is 0.272 e. The van der Waals surface area contributed by atoms with Crippen LogP contribution < -0.4 is 5.48 Å². The van der Waals surface area contributed by atoms with Gasteiger partial charge in [-0.15, -0.1) is 0 Å². The van der Waals surface area contributed by atoms with E-state index in [-0.39, 0.29) is 6.42 Å². The van der Waals surface area contributed by atoms with Crippen LogP contribution in [-0.4, -0.2) is 35.5 Å². The Morgan fingerprint density at radius 3 is 2.64 bits per heavy atom. The zero-order chi connectivity index (χ0) is 20.2. The largest absolute Gasteiger partial charge is 0.357 e. The molecule has 1 aromatic heterocycles. The Kier molecular flexibility index (Phi) is 5.64. The molecule has 1 atom stereocenters. The van der Waals surface area contributed by atoms with Crippen LogP contribution in [0.2, 0.25) is 0 Å². The van der Waals surface area contributed by atoms with E-state index < -0.39 is 20.9 Å². The van der Waals surface area contributed by atoms with Gasteiger partial charge in [0, 0.05) is 32.0 Å². The highest BCUT2D eigenvalue weighted by atomic mass is 32.2. The van der Waals surface area contributed by atoms with Crippen molar-refractivity contribution in [2.75, 3.05) is 7.11 Å². The standard InChI is InChI=1S/C20H20N2O5S/c1-27-20(12-9-18(10-13-20)17-5-3-2-4-6-17)28(25,26)22-14-11-16(15-22)7-8-19(23)21-24/h2-12,14-15,24H,13H2,1H3,(H,21,23)/b8-7+. The van der Waals surface area contributed by atoms with Crippen molar-refractivity contribution in [1.29, 1.82) is 0 Å². The normalized spacial score (nSPS) is 19.6. The molecule has 0 spiro atoms. The third kappa shape index (κ3) is 3.70. The van der Waals surface area contributed by atoms with Crippen LogP contribution in [0.1, 0.15) is 17.5 Å². The van der Waals surface area contributed by atoms with E-state index in [2.05, 4.69) is 0 Å². The molecule has 0 saturated heterocycles. The molecule has 7 nitrogen and oxygen atoms in total. The number of hydroxylamine groups is 1. The zero-order valence-electron chi connectivity index (χ0n) is 15.1. The molecule has 1 amide bonds. The first kappa shape index (κ1) is 19.8. The molecule has 1 aliphatic carbocycles. The van der Waals surface area contributed by atoms with Crippen LogP contribution in [0.15, 0.2) is 73.1 Å². The fourth-order valence-electron chi connectivity index (χ4n) is 2.93. The van der Waals surface area contributed by atoms with Crippen molar-refractivity contribution in [3.63, 3.8) is 0 Å². The lowest BCUT2D eigenvalue weighted by atomic mass is 9.98. The molecule has 1 heterocycles. The van der Waals surface area contributed by atoms with Crippen molar-refractivity contribution in [2.24, 2.45) is 0 Å². The summed E-state index contributed by atoms with van der Waals surface area (Å²) in [7, 11) is -2.56. The third-order valence-corrected chi connectivity index (χ3v) is 6.64. The van der Waals surface area contributed by atoms with Crippen LogP contribution in [0, 0.1) is 0 Å². The number of carbonyl (C=O) groups excluding carboxylic acids is 1. The summed E-state index contributed by atoms with van der Waals surface area (Å²) in [6.45, 7) is 0. The summed E-state index contributed by atoms with van der Waals surface area (Å²) in [5.74, 6) is -0.710.